The summed E-state index contributed by atoms with van der Waals surface area (Å²) in [6.07, 6.45) is -0.695. The predicted octanol–water partition coefficient (Wildman–Crippen LogP) is 0.989. The molecule has 3 N–H and O–H groups in total. The van der Waals surface area contributed by atoms with Crippen LogP contribution in [0.15, 0.2) is 18.2 Å². The predicted molar refractivity (Wildman–Crippen MR) is 91.8 cm³/mol. The Labute approximate surface area is 151 Å². The molecule has 142 valence electrons. The third-order valence-electron chi connectivity index (χ3n) is 3.60. The highest BCUT2D eigenvalue weighted by atomic mass is 16.6. The largest absolute Gasteiger partial charge is 0.486 e. The molecule has 0 spiro atoms. The standard InChI is InChI=1S/C17H23N3O6/c1-4-24-17(23)18-14(10(2)3)16(22)20-19-15(21)11-5-6-12-13(9-11)26-8-7-25-12/h5-6,9-10,14H,4,7-8H2,1-3H3,(H,18,23)(H,19,21)(H,20,22). The SMILES string of the molecule is CCOC(=O)NC(C(=O)NNC(=O)c1ccc2c(c1)OCCO2)C(C)C. The van der Waals surface area contributed by atoms with E-state index in [0.29, 0.717) is 30.3 Å². The normalized spacial score (nSPS) is 13.5. The van der Waals surface area contributed by atoms with Crippen LogP contribution in [-0.2, 0) is 9.53 Å². The van der Waals surface area contributed by atoms with Crippen LogP contribution < -0.4 is 25.6 Å². The first-order valence-electron chi connectivity index (χ1n) is 8.35. The Balaban J connectivity index is 1.94. The van der Waals surface area contributed by atoms with Crippen molar-refractivity contribution in [2.45, 2.75) is 26.8 Å². The van der Waals surface area contributed by atoms with Crippen molar-refractivity contribution in [2.24, 2.45) is 5.92 Å². The van der Waals surface area contributed by atoms with E-state index < -0.39 is 23.9 Å². The van der Waals surface area contributed by atoms with Gasteiger partial charge in [0.25, 0.3) is 11.8 Å². The molecule has 0 aliphatic carbocycles. The fourth-order valence-corrected chi connectivity index (χ4v) is 2.29. The second-order valence-electron chi connectivity index (χ2n) is 5.89. The second-order valence-corrected chi connectivity index (χ2v) is 5.89. The summed E-state index contributed by atoms with van der Waals surface area (Å²) in [6, 6.07) is 3.87. The van der Waals surface area contributed by atoms with E-state index in [-0.39, 0.29) is 12.5 Å². The van der Waals surface area contributed by atoms with Gasteiger partial charge in [-0.05, 0) is 31.0 Å². The van der Waals surface area contributed by atoms with Crippen molar-refractivity contribution in [3.8, 4) is 11.5 Å². The Morgan fingerprint density at radius 3 is 2.46 bits per heavy atom. The summed E-state index contributed by atoms with van der Waals surface area (Å²) in [4.78, 5) is 36.0. The smallest absolute Gasteiger partial charge is 0.407 e. The Morgan fingerprint density at radius 1 is 1.12 bits per heavy atom. The Hall–Kier alpha value is -2.97. The topological polar surface area (TPSA) is 115 Å². The van der Waals surface area contributed by atoms with E-state index in [1.807, 2.05) is 0 Å². The van der Waals surface area contributed by atoms with Gasteiger partial charge in [-0.15, -0.1) is 0 Å². The van der Waals surface area contributed by atoms with Crippen LogP contribution in [0.4, 0.5) is 4.79 Å². The van der Waals surface area contributed by atoms with Gasteiger partial charge in [-0.25, -0.2) is 4.79 Å². The minimum Gasteiger partial charge on any atom is -0.486 e. The molecule has 1 aromatic rings. The van der Waals surface area contributed by atoms with Gasteiger partial charge in [0.2, 0.25) is 0 Å². The molecule has 3 amide bonds. The first-order chi connectivity index (χ1) is 12.4. The highest BCUT2D eigenvalue weighted by Gasteiger charge is 2.25. The number of hydrogen-bond acceptors (Lipinski definition) is 6. The van der Waals surface area contributed by atoms with Gasteiger partial charge in [0.1, 0.15) is 19.3 Å². The zero-order valence-electron chi connectivity index (χ0n) is 15.0. The number of carbonyl (C=O) groups is 3. The molecule has 9 heteroatoms. The summed E-state index contributed by atoms with van der Waals surface area (Å²) < 4.78 is 15.6. The molecular weight excluding hydrogens is 342 g/mol. The molecule has 1 heterocycles. The molecule has 0 fully saturated rings. The molecular formula is C17H23N3O6. The molecule has 1 aliphatic heterocycles. The molecule has 1 aliphatic rings. The van der Waals surface area contributed by atoms with E-state index >= 15 is 0 Å². The summed E-state index contributed by atoms with van der Waals surface area (Å²) >= 11 is 0. The summed E-state index contributed by atoms with van der Waals surface area (Å²) in [5, 5.41) is 2.46. The van der Waals surface area contributed by atoms with Crippen molar-refractivity contribution >= 4 is 17.9 Å². The monoisotopic (exact) mass is 365 g/mol. The zero-order valence-corrected chi connectivity index (χ0v) is 15.0. The van der Waals surface area contributed by atoms with Crippen molar-refractivity contribution in [1.82, 2.24) is 16.2 Å². The van der Waals surface area contributed by atoms with E-state index in [4.69, 9.17) is 14.2 Å². The molecule has 26 heavy (non-hydrogen) atoms. The molecule has 0 aromatic heterocycles. The van der Waals surface area contributed by atoms with Crippen LogP contribution in [0.25, 0.3) is 0 Å². The van der Waals surface area contributed by atoms with Gasteiger partial charge in [-0.2, -0.15) is 0 Å². The average Bonchev–Trinajstić information content (AvgIpc) is 2.63. The number of rotatable bonds is 5. The van der Waals surface area contributed by atoms with E-state index in [1.54, 1.807) is 32.9 Å². The minimum absolute atomic E-state index is 0.194. The number of amides is 3. The summed E-state index contributed by atoms with van der Waals surface area (Å²) in [7, 11) is 0. The number of carbonyl (C=O) groups excluding carboxylic acids is 3. The summed E-state index contributed by atoms with van der Waals surface area (Å²) in [5.74, 6) is -0.242. The Morgan fingerprint density at radius 2 is 1.81 bits per heavy atom. The fraction of sp³-hybridized carbons (Fsp3) is 0.471. The van der Waals surface area contributed by atoms with Gasteiger partial charge in [0.05, 0.1) is 6.61 Å². The lowest BCUT2D eigenvalue weighted by atomic mass is 10.0. The number of alkyl carbamates (subject to hydrolysis) is 1. The minimum atomic E-state index is -0.852. The van der Waals surface area contributed by atoms with Crippen LogP contribution >= 0.6 is 0 Å². The molecule has 0 bridgehead atoms. The third kappa shape index (κ3) is 5.01. The molecule has 0 saturated carbocycles. The molecule has 0 saturated heterocycles. The number of benzene rings is 1. The number of hydrazine groups is 1. The third-order valence-corrected chi connectivity index (χ3v) is 3.60. The summed E-state index contributed by atoms with van der Waals surface area (Å²) in [5.41, 5.74) is 4.93. The highest BCUT2D eigenvalue weighted by Crippen LogP contribution is 2.30. The first-order valence-corrected chi connectivity index (χ1v) is 8.35. The van der Waals surface area contributed by atoms with Crippen molar-refractivity contribution in [1.29, 1.82) is 0 Å². The maximum atomic E-state index is 12.3. The van der Waals surface area contributed by atoms with Crippen LogP contribution in [0.1, 0.15) is 31.1 Å². The molecule has 1 unspecified atom stereocenters. The van der Waals surface area contributed by atoms with Crippen molar-refractivity contribution < 1.29 is 28.6 Å². The van der Waals surface area contributed by atoms with E-state index in [9.17, 15) is 14.4 Å². The van der Waals surface area contributed by atoms with Crippen LogP contribution in [0, 0.1) is 5.92 Å². The highest BCUT2D eigenvalue weighted by molar-refractivity contribution is 5.96. The maximum Gasteiger partial charge on any atom is 0.407 e. The van der Waals surface area contributed by atoms with Crippen molar-refractivity contribution in [3.63, 3.8) is 0 Å². The van der Waals surface area contributed by atoms with E-state index in [2.05, 4.69) is 16.2 Å². The van der Waals surface area contributed by atoms with Gasteiger partial charge < -0.3 is 19.5 Å². The quantitative estimate of drug-likeness (QED) is 0.671. The Kier molecular flexibility index (Phi) is 6.65. The average molecular weight is 365 g/mol. The zero-order chi connectivity index (χ0) is 19.1. The molecule has 1 aromatic carbocycles. The molecule has 9 nitrogen and oxygen atoms in total. The number of fused-ring (bicyclic) bond motifs is 1. The van der Waals surface area contributed by atoms with Crippen molar-refractivity contribution in [3.05, 3.63) is 23.8 Å². The van der Waals surface area contributed by atoms with Crippen molar-refractivity contribution in [2.75, 3.05) is 19.8 Å². The van der Waals surface area contributed by atoms with Crippen LogP contribution in [0.2, 0.25) is 0 Å². The number of ether oxygens (including phenoxy) is 3. The molecule has 0 radical (unpaired) electrons. The molecule has 2 rings (SSSR count). The van der Waals surface area contributed by atoms with Gasteiger partial charge in [0, 0.05) is 5.56 Å². The maximum absolute atomic E-state index is 12.3. The van der Waals surface area contributed by atoms with Crippen LogP contribution in [-0.4, -0.2) is 43.8 Å². The van der Waals surface area contributed by atoms with Gasteiger partial charge in [0.15, 0.2) is 11.5 Å². The van der Waals surface area contributed by atoms with Gasteiger partial charge in [-0.1, -0.05) is 13.8 Å². The lowest BCUT2D eigenvalue weighted by molar-refractivity contribution is -0.124. The Bertz CT molecular complexity index is 676. The van der Waals surface area contributed by atoms with Gasteiger partial charge >= 0.3 is 6.09 Å². The first kappa shape index (κ1) is 19.4. The second kappa shape index (κ2) is 8.93. The van der Waals surface area contributed by atoms with Crippen LogP contribution in [0.3, 0.4) is 0 Å². The van der Waals surface area contributed by atoms with E-state index in [0.717, 1.165) is 0 Å². The fourth-order valence-electron chi connectivity index (χ4n) is 2.29. The van der Waals surface area contributed by atoms with Crippen LogP contribution in [0.5, 0.6) is 11.5 Å². The number of hydrogen-bond donors (Lipinski definition) is 3. The van der Waals surface area contributed by atoms with Gasteiger partial charge in [-0.3, -0.25) is 20.4 Å². The molecule has 1 atom stereocenters. The lowest BCUT2D eigenvalue weighted by Crippen LogP contribution is -2.54. The van der Waals surface area contributed by atoms with E-state index in [1.165, 1.54) is 6.07 Å². The summed E-state index contributed by atoms with van der Waals surface area (Å²) in [6.45, 7) is 6.25. The number of nitrogens with one attached hydrogen (secondary N) is 3. The lowest BCUT2D eigenvalue weighted by Gasteiger charge is -2.21.